The van der Waals surface area contributed by atoms with Gasteiger partial charge in [0.15, 0.2) is 0 Å². The molecule has 0 aromatic rings. The molecular weight excluding hydrogens is 140 g/mol. The fourth-order valence-corrected chi connectivity index (χ4v) is 0.942. The van der Waals surface area contributed by atoms with Crippen LogP contribution in [0.2, 0.25) is 0 Å². The van der Waals surface area contributed by atoms with Gasteiger partial charge in [0.1, 0.15) is 6.61 Å². The first kappa shape index (κ1) is 8.27. The molecular formula is C8H14N2O. The zero-order chi connectivity index (χ0) is 7.94. The summed E-state index contributed by atoms with van der Waals surface area (Å²) in [6.45, 7) is 4.55. The van der Waals surface area contributed by atoms with Crippen molar-refractivity contribution in [2.24, 2.45) is 5.16 Å². The van der Waals surface area contributed by atoms with Gasteiger partial charge >= 0.3 is 0 Å². The van der Waals surface area contributed by atoms with Gasteiger partial charge in [0, 0.05) is 6.54 Å². The first-order chi connectivity index (χ1) is 5.43. The molecule has 0 aromatic heterocycles. The molecule has 11 heavy (non-hydrogen) atoms. The molecule has 0 radical (unpaired) electrons. The summed E-state index contributed by atoms with van der Waals surface area (Å²) in [5.74, 6) is 0. The smallest absolute Gasteiger partial charge is 0.114 e. The normalized spacial score (nSPS) is 18.5. The number of nitrogens with zero attached hydrogens (tertiary/aromatic N) is 1. The maximum atomic E-state index is 4.84. The highest BCUT2D eigenvalue weighted by atomic mass is 16.6. The SMILES string of the molecule is CCO/N=C/C1=CCCNC1. The highest BCUT2D eigenvalue weighted by Gasteiger charge is 1.98. The summed E-state index contributed by atoms with van der Waals surface area (Å²) in [5, 5.41) is 7.03. The number of hydrogen-bond acceptors (Lipinski definition) is 3. The maximum Gasteiger partial charge on any atom is 0.114 e. The third-order valence-corrected chi connectivity index (χ3v) is 1.48. The third kappa shape index (κ3) is 3.18. The molecule has 1 heterocycles. The van der Waals surface area contributed by atoms with Crippen molar-refractivity contribution in [3.63, 3.8) is 0 Å². The molecule has 3 heteroatoms. The first-order valence-corrected chi connectivity index (χ1v) is 3.98. The highest BCUT2D eigenvalue weighted by molar-refractivity contribution is 5.78. The van der Waals surface area contributed by atoms with Crippen LogP contribution >= 0.6 is 0 Å². The van der Waals surface area contributed by atoms with Crippen LogP contribution in [0.3, 0.4) is 0 Å². The Kier molecular flexibility index (Phi) is 3.69. The van der Waals surface area contributed by atoms with E-state index in [0.717, 1.165) is 19.5 Å². The van der Waals surface area contributed by atoms with Crippen LogP contribution in [0, 0.1) is 0 Å². The van der Waals surface area contributed by atoms with Crippen molar-refractivity contribution >= 4 is 6.21 Å². The van der Waals surface area contributed by atoms with Crippen molar-refractivity contribution in [1.82, 2.24) is 5.32 Å². The molecule has 0 amide bonds. The summed E-state index contributed by atoms with van der Waals surface area (Å²) in [4.78, 5) is 4.84. The van der Waals surface area contributed by atoms with Crippen molar-refractivity contribution in [2.45, 2.75) is 13.3 Å². The van der Waals surface area contributed by atoms with Crippen LogP contribution in [0.1, 0.15) is 13.3 Å². The lowest BCUT2D eigenvalue weighted by atomic mass is 10.2. The molecule has 3 nitrogen and oxygen atoms in total. The van der Waals surface area contributed by atoms with Gasteiger partial charge in [-0.05, 0) is 25.5 Å². The van der Waals surface area contributed by atoms with Crippen molar-refractivity contribution < 1.29 is 4.84 Å². The van der Waals surface area contributed by atoms with Crippen LogP contribution in [0.25, 0.3) is 0 Å². The zero-order valence-corrected chi connectivity index (χ0v) is 6.84. The van der Waals surface area contributed by atoms with E-state index in [0.29, 0.717) is 6.61 Å². The standard InChI is InChI=1S/C8H14N2O/c1-2-11-10-7-8-4-3-5-9-6-8/h4,7,9H,2-3,5-6H2,1H3/b10-7+. The Bertz CT molecular complexity index is 163. The topological polar surface area (TPSA) is 33.6 Å². The van der Waals surface area contributed by atoms with Crippen LogP contribution in [0.5, 0.6) is 0 Å². The van der Waals surface area contributed by atoms with Crippen molar-refractivity contribution in [3.05, 3.63) is 11.6 Å². The molecule has 62 valence electrons. The van der Waals surface area contributed by atoms with E-state index < -0.39 is 0 Å². The molecule has 0 aliphatic carbocycles. The lowest BCUT2D eigenvalue weighted by Gasteiger charge is -2.09. The van der Waals surface area contributed by atoms with Gasteiger partial charge in [-0.2, -0.15) is 0 Å². The second-order valence-corrected chi connectivity index (χ2v) is 2.40. The Labute approximate surface area is 67.1 Å². The monoisotopic (exact) mass is 154 g/mol. The van der Waals surface area contributed by atoms with Gasteiger partial charge in [-0.3, -0.25) is 0 Å². The van der Waals surface area contributed by atoms with Crippen molar-refractivity contribution in [3.8, 4) is 0 Å². The molecule has 0 saturated carbocycles. The molecule has 0 unspecified atom stereocenters. The summed E-state index contributed by atoms with van der Waals surface area (Å²) in [7, 11) is 0. The fraction of sp³-hybridized carbons (Fsp3) is 0.625. The van der Waals surface area contributed by atoms with Crippen LogP contribution in [0.4, 0.5) is 0 Å². The second kappa shape index (κ2) is 4.91. The summed E-state index contributed by atoms with van der Waals surface area (Å²) < 4.78 is 0. The van der Waals surface area contributed by atoms with Gasteiger partial charge in [-0.25, -0.2) is 0 Å². The van der Waals surface area contributed by atoms with Gasteiger partial charge in [0.25, 0.3) is 0 Å². The summed E-state index contributed by atoms with van der Waals surface area (Å²) in [5.41, 5.74) is 1.21. The highest BCUT2D eigenvalue weighted by Crippen LogP contribution is 1.97. The number of hydrogen-bond donors (Lipinski definition) is 1. The Morgan fingerprint density at radius 1 is 1.82 bits per heavy atom. The minimum Gasteiger partial charge on any atom is -0.396 e. The maximum absolute atomic E-state index is 4.84. The summed E-state index contributed by atoms with van der Waals surface area (Å²) in [6.07, 6.45) is 5.04. The van der Waals surface area contributed by atoms with E-state index in [2.05, 4.69) is 16.5 Å². The minimum absolute atomic E-state index is 0.636. The van der Waals surface area contributed by atoms with Gasteiger partial charge < -0.3 is 10.2 Å². The number of nitrogens with one attached hydrogen (secondary N) is 1. The lowest BCUT2D eigenvalue weighted by molar-refractivity contribution is 0.160. The van der Waals surface area contributed by atoms with Crippen molar-refractivity contribution in [1.29, 1.82) is 0 Å². The van der Waals surface area contributed by atoms with E-state index in [-0.39, 0.29) is 0 Å². The van der Waals surface area contributed by atoms with E-state index in [1.54, 1.807) is 6.21 Å². The average molecular weight is 154 g/mol. The number of oxime groups is 1. The zero-order valence-electron chi connectivity index (χ0n) is 6.84. The van der Waals surface area contributed by atoms with E-state index in [4.69, 9.17) is 4.84 Å². The predicted octanol–water partition coefficient (Wildman–Crippen LogP) is 0.928. The molecule has 0 aromatic carbocycles. The van der Waals surface area contributed by atoms with Crippen LogP contribution in [-0.4, -0.2) is 25.9 Å². The van der Waals surface area contributed by atoms with Crippen LogP contribution < -0.4 is 5.32 Å². The van der Waals surface area contributed by atoms with Crippen molar-refractivity contribution in [2.75, 3.05) is 19.7 Å². The molecule has 1 aliphatic rings. The van der Waals surface area contributed by atoms with Crippen LogP contribution in [-0.2, 0) is 4.84 Å². The van der Waals surface area contributed by atoms with Crippen LogP contribution in [0.15, 0.2) is 16.8 Å². The third-order valence-electron chi connectivity index (χ3n) is 1.48. The lowest BCUT2D eigenvalue weighted by Crippen LogP contribution is -2.22. The van der Waals surface area contributed by atoms with E-state index in [1.165, 1.54) is 5.57 Å². The summed E-state index contributed by atoms with van der Waals surface area (Å²) in [6, 6.07) is 0. The van der Waals surface area contributed by atoms with Gasteiger partial charge in [-0.15, -0.1) is 0 Å². The van der Waals surface area contributed by atoms with E-state index in [1.807, 2.05) is 6.92 Å². The minimum atomic E-state index is 0.636. The molecule has 1 N–H and O–H groups in total. The van der Waals surface area contributed by atoms with E-state index >= 15 is 0 Å². The Hall–Kier alpha value is -0.830. The first-order valence-electron chi connectivity index (χ1n) is 3.98. The van der Waals surface area contributed by atoms with Gasteiger partial charge in [-0.1, -0.05) is 11.2 Å². The fourth-order valence-electron chi connectivity index (χ4n) is 0.942. The van der Waals surface area contributed by atoms with Gasteiger partial charge in [0.05, 0.1) is 6.21 Å². The largest absolute Gasteiger partial charge is 0.396 e. The molecule has 1 rings (SSSR count). The molecule has 0 spiro atoms. The van der Waals surface area contributed by atoms with E-state index in [9.17, 15) is 0 Å². The molecule has 1 aliphatic heterocycles. The Morgan fingerprint density at radius 3 is 3.36 bits per heavy atom. The second-order valence-electron chi connectivity index (χ2n) is 2.40. The summed E-state index contributed by atoms with van der Waals surface area (Å²) >= 11 is 0. The average Bonchev–Trinajstić information content (AvgIpc) is 2.07. The quantitative estimate of drug-likeness (QED) is 0.484. The Morgan fingerprint density at radius 2 is 2.73 bits per heavy atom. The predicted molar refractivity (Wildman–Crippen MR) is 45.7 cm³/mol. The molecule has 0 atom stereocenters. The molecule has 0 saturated heterocycles. The van der Waals surface area contributed by atoms with Gasteiger partial charge in [0.2, 0.25) is 0 Å². The number of rotatable bonds is 3. The molecule has 0 bridgehead atoms. The Balaban J connectivity index is 2.29. The molecule has 0 fully saturated rings.